The molecule has 2 unspecified atom stereocenters. The summed E-state index contributed by atoms with van der Waals surface area (Å²) in [5, 5.41) is 20.7. The largest absolute Gasteiger partial charge is 0.394 e. The molecule has 0 spiro atoms. The van der Waals surface area contributed by atoms with Gasteiger partial charge in [-0.3, -0.25) is 4.79 Å². The minimum Gasteiger partial charge on any atom is -0.394 e. The first-order valence-electron chi connectivity index (χ1n) is 5.75. The summed E-state index contributed by atoms with van der Waals surface area (Å²) >= 11 is 0. The second kappa shape index (κ2) is 6.13. The lowest BCUT2D eigenvalue weighted by molar-refractivity contribution is -0.116. The van der Waals surface area contributed by atoms with Crippen molar-refractivity contribution in [2.75, 3.05) is 19.7 Å². The molecule has 0 aliphatic heterocycles. The van der Waals surface area contributed by atoms with E-state index >= 15 is 0 Å². The minimum absolute atomic E-state index is 0.182. The Morgan fingerprint density at radius 2 is 2.31 bits per heavy atom. The number of hydrogen-bond donors (Lipinski definition) is 3. The first-order valence-corrected chi connectivity index (χ1v) is 5.75. The topological polar surface area (TPSA) is 69.6 Å². The molecule has 0 aromatic rings. The van der Waals surface area contributed by atoms with Gasteiger partial charge in [0.05, 0.1) is 12.7 Å². The zero-order chi connectivity index (χ0) is 12.1. The van der Waals surface area contributed by atoms with Crippen LogP contribution >= 0.6 is 0 Å². The van der Waals surface area contributed by atoms with Crippen molar-refractivity contribution in [1.82, 2.24) is 5.32 Å². The van der Waals surface area contributed by atoms with Gasteiger partial charge in [-0.15, -0.1) is 0 Å². The number of aliphatic hydroxyl groups excluding tert-OH is 2. The van der Waals surface area contributed by atoms with Crippen LogP contribution < -0.4 is 5.32 Å². The van der Waals surface area contributed by atoms with Gasteiger partial charge in [-0.1, -0.05) is 6.58 Å². The van der Waals surface area contributed by atoms with E-state index in [2.05, 4.69) is 11.9 Å². The average molecular weight is 227 g/mol. The van der Waals surface area contributed by atoms with E-state index in [0.29, 0.717) is 18.0 Å². The highest BCUT2D eigenvalue weighted by Crippen LogP contribution is 2.42. The Hall–Kier alpha value is -0.710. The molecule has 3 atom stereocenters. The molecule has 4 nitrogen and oxygen atoms in total. The fourth-order valence-electron chi connectivity index (χ4n) is 1.82. The quantitative estimate of drug-likeness (QED) is 0.406. The van der Waals surface area contributed by atoms with Crippen molar-refractivity contribution < 1.29 is 15.0 Å². The maximum absolute atomic E-state index is 11.5. The summed E-state index contributed by atoms with van der Waals surface area (Å²) < 4.78 is 0. The highest BCUT2D eigenvalue weighted by molar-refractivity contribution is 5.97. The van der Waals surface area contributed by atoms with Crippen molar-refractivity contribution in [3.63, 3.8) is 0 Å². The SMILES string of the molecule is C=C(C)C(=O)[C@@H]1CC1CCNCC(O)CO. The predicted molar refractivity (Wildman–Crippen MR) is 62.0 cm³/mol. The number of Topliss-reactive ketones (excluding diaryl/α,β-unsaturated/α-hetero) is 1. The summed E-state index contributed by atoms with van der Waals surface area (Å²) in [4.78, 5) is 11.5. The normalized spacial score (nSPS) is 25.2. The monoisotopic (exact) mass is 227 g/mol. The zero-order valence-electron chi connectivity index (χ0n) is 9.78. The smallest absolute Gasteiger partial charge is 0.161 e. The van der Waals surface area contributed by atoms with E-state index in [9.17, 15) is 4.79 Å². The summed E-state index contributed by atoms with van der Waals surface area (Å²) in [7, 11) is 0. The number of nitrogens with one attached hydrogen (secondary N) is 1. The molecular weight excluding hydrogens is 206 g/mol. The number of carbonyl (C=O) groups excluding carboxylic acids is 1. The van der Waals surface area contributed by atoms with Crippen LogP contribution in [0.5, 0.6) is 0 Å². The van der Waals surface area contributed by atoms with Gasteiger partial charge in [0.2, 0.25) is 0 Å². The van der Waals surface area contributed by atoms with E-state index in [1.807, 2.05) is 0 Å². The Kier molecular flexibility index (Phi) is 5.12. The second-order valence-corrected chi connectivity index (χ2v) is 4.58. The molecule has 3 N–H and O–H groups in total. The number of hydrogen-bond acceptors (Lipinski definition) is 4. The van der Waals surface area contributed by atoms with E-state index < -0.39 is 6.10 Å². The molecule has 0 radical (unpaired) electrons. The molecule has 0 amide bonds. The van der Waals surface area contributed by atoms with Gasteiger partial charge in [-0.25, -0.2) is 0 Å². The first kappa shape index (κ1) is 13.4. The van der Waals surface area contributed by atoms with Crippen LogP contribution in [0, 0.1) is 11.8 Å². The van der Waals surface area contributed by atoms with Crippen LogP contribution in [0.3, 0.4) is 0 Å². The molecule has 92 valence electrons. The molecule has 1 aliphatic carbocycles. The predicted octanol–water partition coefficient (Wildman–Crippen LogP) is 0.101. The number of ketones is 1. The van der Waals surface area contributed by atoms with Crippen LogP contribution in [0.4, 0.5) is 0 Å². The van der Waals surface area contributed by atoms with Gasteiger partial charge < -0.3 is 15.5 Å². The molecule has 0 saturated heterocycles. The third kappa shape index (κ3) is 4.04. The Morgan fingerprint density at radius 1 is 1.62 bits per heavy atom. The number of aliphatic hydroxyl groups is 2. The van der Waals surface area contributed by atoms with Crippen molar-refractivity contribution in [3.8, 4) is 0 Å². The molecule has 0 bridgehead atoms. The van der Waals surface area contributed by atoms with Crippen LogP contribution in [0.25, 0.3) is 0 Å². The highest BCUT2D eigenvalue weighted by Gasteiger charge is 2.41. The van der Waals surface area contributed by atoms with Gasteiger partial charge in [0.15, 0.2) is 5.78 Å². The summed E-state index contributed by atoms with van der Waals surface area (Å²) in [6.07, 6.45) is 1.23. The van der Waals surface area contributed by atoms with Gasteiger partial charge in [0.1, 0.15) is 0 Å². The van der Waals surface area contributed by atoms with Crippen molar-refractivity contribution in [2.24, 2.45) is 11.8 Å². The summed E-state index contributed by atoms with van der Waals surface area (Å²) in [6, 6.07) is 0. The Labute approximate surface area is 96.4 Å². The van der Waals surface area contributed by atoms with Gasteiger partial charge in [-0.05, 0) is 37.8 Å². The Morgan fingerprint density at radius 3 is 2.88 bits per heavy atom. The van der Waals surface area contributed by atoms with Crippen molar-refractivity contribution in [1.29, 1.82) is 0 Å². The number of carbonyl (C=O) groups is 1. The Balaban J connectivity index is 2.05. The van der Waals surface area contributed by atoms with Crippen molar-refractivity contribution in [3.05, 3.63) is 12.2 Å². The highest BCUT2D eigenvalue weighted by atomic mass is 16.3. The summed E-state index contributed by atoms with van der Waals surface area (Å²) in [5.74, 6) is 0.852. The molecule has 4 heteroatoms. The molecule has 0 aromatic heterocycles. The van der Waals surface area contributed by atoms with Crippen molar-refractivity contribution >= 4 is 5.78 Å². The zero-order valence-corrected chi connectivity index (χ0v) is 9.78. The van der Waals surface area contributed by atoms with Crippen LogP contribution in [-0.2, 0) is 4.79 Å². The van der Waals surface area contributed by atoms with Crippen LogP contribution in [0.2, 0.25) is 0 Å². The summed E-state index contributed by atoms with van der Waals surface area (Å²) in [5.41, 5.74) is 0.649. The van der Waals surface area contributed by atoms with Crippen LogP contribution in [0.15, 0.2) is 12.2 Å². The van der Waals surface area contributed by atoms with E-state index in [1.165, 1.54) is 0 Å². The molecule has 1 saturated carbocycles. The second-order valence-electron chi connectivity index (χ2n) is 4.58. The minimum atomic E-state index is -0.688. The molecular formula is C12H21NO3. The molecule has 1 fully saturated rings. The number of rotatable bonds is 8. The maximum atomic E-state index is 11.5. The lowest BCUT2D eigenvalue weighted by Crippen LogP contribution is -2.30. The molecule has 16 heavy (non-hydrogen) atoms. The molecule has 0 heterocycles. The van der Waals surface area contributed by atoms with Gasteiger partial charge in [-0.2, -0.15) is 0 Å². The van der Waals surface area contributed by atoms with E-state index in [0.717, 1.165) is 19.4 Å². The first-order chi connectivity index (χ1) is 7.56. The fourth-order valence-corrected chi connectivity index (χ4v) is 1.82. The van der Waals surface area contributed by atoms with Gasteiger partial charge in [0, 0.05) is 12.5 Å². The number of allylic oxidation sites excluding steroid dienone is 1. The molecule has 1 rings (SSSR count). The van der Waals surface area contributed by atoms with E-state index in [1.54, 1.807) is 6.92 Å². The fraction of sp³-hybridized carbons (Fsp3) is 0.750. The average Bonchev–Trinajstić information content (AvgIpc) is 3.02. The van der Waals surface area contributed by atoms with E-state index in [4.69, 9.17) is 10.2 Å². The lowest BCUT2D eigenvalue weighted by Gasteiger charge is -2.08. The third-order valence-corrected chi connectivity index (χ3v) is 2.96. The Bertz CT molecular complexity index is 265. The summed E-state index contributed by atoms with van der Waals surface area (Å²) in [6.45, 7) is 6.38. The van der Waals surface area contributed by atoms with E-state index in [-0.39, 0.29) is 18.3 Å². The van der Waals surface area contributed by atoms with Crippen LogP contribution in [-0.4, -0.2) is 41.8 Å². The lowest BCUT2D eigenvalue weighted by atomic mass is 10.1. The molecule has 0 aromatic carbocycles. The molecule has 1 aliphatic rings. The van der Waals surface area contributed by atoms with Crippen LogP contribution in [0.1, 0.15) is 19.8 Å². The van der Waals surface area contributed by atoms with Crippen molar-refractivity contribution in [2.45, 2.75) is 25.9 Å². The van der Waals surface area contributed by atoms with Gasteiger partial charge in [0.25, 0.3) is 0 Å². The standard InChI is InChI=1S/C12H21NO3/c1-8(2)12(16)11-5-9(11)3-4-13-6-10(15)7-14/h9-11,13-15H,1,3-7H2,2H3/t9?,10?,11-/m1/s1. The van der Waals surface area contributed by atoms with Gasteiger partial charge >= 0.3 is 0 Å². The maximum Gasteiger partial charge on any atom is 0.161 e. The third-order valence-electron chi connectivity index (χ3n) is 2.96.